The van der Waals surface area contributed by atoms with Crippen LogP contribution >= 0.6 is 0 Å². The highest BCUT2D eigenvalue weighted by atomic mass is 16.2. The van der Waals surface area contributed by atoms with Gasteiger partial charge in [-0.2, -0.15) is 0 Å². The van der Waals surface area contributed by atoms with Gasteiger partial charge in [-0.15, -0.1) is 0 Å². The van der Waals surface area contributed by atoms with Gasteiger partial charge in [0.15, 0.2) is 0 Å². The van der Waals surface area contributed by atoms with Gasteiger partial charge in [-0.3, -0.25) is 14.5 Å². The Morgan fingerprint density at radius 2 is 1.76 bits per heavy atom. The van der Waals surface area contributed by atoms with E-state index in [1.807, 2.05) is 11.0 Å². The van der Waals surface area contributed by atoms with Crippen molar-refractivity contribution in [2.24, 2.45) is 5.92 Å². The zero-order valence-electron chi connectivity index (χ0n) is 20.2. The van der Waals surface area contributed by atoms with Crippen LogP contribution < -0.4 is 5.56 Å². The van der Waals surface area contributed by atoms with E-state index in [1.165, 1.54) is 17.7 Å². The second-order valence-electron chi connectivity index (χ2n) is 10.5. The Bertz CT molecular complexity index is 1080. The average Bonchev–Trinajstić information content (AvgIpc) is 2.80. The zero-order valence-corrected chi connectivity index (χ0v) is 20.2. The number of pyridine rings is 1. The average molecular weight is 449 g/mol. The lowest BCUT2D eigenvalue weighted by molar-refractivity contribution is -0.130. The highest BCUT2D eigenvalue weighted by Gasteiger charge is 2.38. The van der Waals surface area contributed by atoms with E-state index in [2.05, 4.69) is 58.8 Å². The summed E-state index contributed by atoms with van der Waals surface area (Å²) in [5.41, 5.74) is 4.44. The molecule has 3 aliphatic rings. The summed E-state index contributed by atoms with van der Waals surface area (Å²) >= 11 is 0. The van der Waals surface area contributed by atoms with Crippen LogP contribution in [-0.4, -0.2) is 71.5 Å². The van der Waals surface area contributed by atoms with Crippen molar-refractivity contribution < 1.29 is 4.79 Å². The maximum absolute atomic E-state index is 13.7. The molecular formula is C27H36N4O2. The number of carbonyl (C=O) groups is 1. The first-order valence-electron chi connectivity index (χ1n) is 12.4. The fourth-order valence-electron chi connectivity index (χ4n) is 6.29. The Morgan fingerprint density at radius 1 is 1.00 bits per heavy atom. The molecule has 0 spiro atoms. The van der Waals surface area contributed by atoms with Crippen LogP contribution in [0.5, 0.6) is 0 Å². The predicted molar refractivity (Wildman–Crippen MR) is 131 cm³/mol. The number of fused-ring (bicyclic) bond motifs is 4. The summed E-state index contributed by atoms with van der Waals surface area (Å²) < 4.78 is 2.08. The Balaban J connectivity index is 1.39. The third-order valence-corrected chi connectivity index (χ3v) is 7.85. The van der Waals surface area contributed by atoms with Crippen molar-refractivity contribution in [2.75, 3.05) is 40.3 Å². The number of aromatic nitrogens is 1. The van der Waals surface area contributed by atoms with Crippen LogP contribution in [0.15, 0.2) is 41.2 Å². The third-order valence-electron chi connectivity index (χ3n) is 7.85. The van der Waals surface area contributed by atoms with E-state index >= 15 is 0 Å². The molecule has 0 N–H and O–H groups in total. The topological polar surface area (TPSA) is 48.8 Å². The smallest absolute Gasteiger partial charge is 0.258 e. The van der Waals surface area contributed by atoms with Crippen LogP contribution in [0.2, 0.25) is 0 Å². The number of benzene rings is 1. The number of likely N-dealkylation sites (tertiary alicyclic amines) is 2. The monoisotopic (exact) mass is 448 g/mol. The van der Waals surface area contributed by atoms with Gasteiger partial charge in [-0.1, -0.05) is 24.3 Å². The molecule has 1 aromatic carbocycles. The van der Waals surface area contributed by atoms with Crippen LogP contribution in [0.25, 0.3) is 11.1 Å². The van der Waals surface area contributed by atoms with Gasteiger partial charge in [0.05, 0.1) is 0 Å². The van der Waals surface area contributed by atoms with E-state index in [1.54, 1.807) is 6.92 Å². The summed E-state index contributed by atoms with van der Waals surface area (Å²) in [5.74, 6) is 1.13. The Hall–Kier alpha value is -2.44. The van der Waals surface area contributed by atoms with E-state index in [0.29, 0.717) is 17.9 Å². The van der Waals surface area contributed by atoms with Crippen LogP contribution in [0, 0.1) is 5.92 Å². The molecule has 5 rings (SSSR count). The van der Waals surface area contributed by atoms with Crippen molar-refractivity contribution in [3.8, 4) is 11.1 Å². The Morgan fingerprint density at radius 3 is 2.48 bits per heavy atom. The summed E-state index contributed by atoms with van der Waals surface area (Å²) in [7, 11) is 4.13. The molecule has 33 heavy (non-hydrogen) atoms. The molecule has 0 aliphatic carbocycles. The molecule has 4 heterocycles. The summed E-state index contributed by atoms with van der Waals surface area (Å²) in [5, 5.41) is 0. The van der Waals surface area contributed by atoms with Gasteiger partial charge in [0.25, 0.3) is 5.56 Å². The number of hydrogen-bond acceptors (Lipinski definition) is 4. The first-order valence-corrected chi connectivity index (χ1v) is 12.4. The quantitative estimate of drug-likeness (QED) is 0.722. The van der Waals surface area contributed by atoms with E-state index in [4.69, 9.17) is 0 Å². The fraction of sp³-hybridized carbons (Fsp3) is 0.556. The number of rotatable bonds is 4. The number of amides is 1. The van der Waals surface area contributed by atoms with Crippen LogP contribution in [0.1, 0.15) is 43.4 Å². The minimum absolute atomic E-state index is 0.164. The maximum atomic E-state index is 13.7. The number of piperidine rings is 2. The van der Waals surface area contributed by atoms with Crippen molar-refractivity contribution in [1.29, 1.82) is 0 Å². The maximum Gasteiger partial charge on any atom is 0.258 e. The second kappa shape index (κ2) is 9.07. The van der Waals surface area contributed by atoms with Crippen molar-refractivity contribution in [1.82, 2.24) is 19.3 Å². The Labute approximate surface area is 196 Å². The molecule has 176 valence electrons. The minimum atomic E-state index is 0.164. The van der Waals surface area contributed by atoms with Crippen molar-refractivity contribution in [3.05, 3.63) is 58.0 Å². The molecule has 1 aromatic heterocycles. The Kier molecular flexibility index (Phi) is 6.14. The van der Waals surface area contributed by atoms with E-state index < -0.39 is 0 Å². The second-order valence-corrected chi connectivity index (χ2v) is 10.5. The molecule has 2 fully saturated rings. The van der Waals surface area contributed by atoms with Crippen LogP contribution in [0.3, 0.4) is 0 Å². The first-order chi connectivity index (χ1) is 15.9. The van der Waals surface area contributed by atoms with Gasteiger partial charge in [-0.05, 0) is 62.5 Å². The molecule has 2 unspecified atom stereocenters. The van der Waals surface area contributed by atoms with E-state index in [9.17, 15) is 9.59 Å². The summed E-state index contributed by atoms with van der Waals surface area (Å²) in [6.45, 7) is 7.14. The van der Waals surface area contributed by atoms with Crippen LogP contribution in [0.4, 0.5) is 0 Å². The van der Waals surface area contributed by atoms with Gasteiger partial charge in [0, 0.05) is 69.4 Å². The zero-order chi connectivity index (χ0) is 23.1. The highest BCUT2D eigenvalue weighted by molar-refractivity contribution is 5.73. The lowest BCUT2D eigenvalue weighted by Crippen LogP contribution is -2.53. The molecular weight excluding hydrogens is 412 g/mol. The molecule has 0 radical (unpaired) electrons. The fourth-order valence-corrected chi connectivity index (χ4v) is 6.29. The molecule has 0 saturated carbocycles. The number of hydrogen-bond donors (Lipinski definition) is 0. The van der Waals surface area contributed by atoms with Gasteiger partial charge in [-0.25, -0.2) is 0 Å². The largest absolute Gasteiger partial charge is 0.343 e. The molecule has 3 aliphatic heterocycles. The normalized spacial score (nSPS) is 23.6. The molecule has 2 atom stereocenters. The van der Waals surface area contributed by atoms with Crippen molar-refractivity contribution in [2.45, 2.75) is 51.2 Å². The van der Waals surface area contributed by atoms with E-state index in [-0.39, 0.29) is 11.5 Å². The molecule has 1 amide bonds. The minimum Gasteiger partial charge on any atom is -0.343 e. The summed E-state index contributed by atoms with van der Waals surface area (Å²) in [6, 6.07) is 13.1. The molecule has 6 heteroatoms. The van der Waals surface area contributed by atoms with Gasteiger partial charge >= 0.3 is 0 Å². The van der Waals surface area contributed by atoms with Gasteiger partial charge < -0.3 is 14.4 Å². The lowest BCUT2D eigenvalue weighted by Gasteiger charge is -2.47. The highest BCUT2D eigenvalue weighted by Crippen LogP contribution is 2.38. The molecule has 2 aromatic rings. The van der Waals surface area contributed by atoms with Crippen molar-refractivity contribution >= 4 is 5.91 Å². The van der Waals surface area contributed by atoms with E-state index in [0.717, 1.165) is 63.2 Å². The first kappa shape index (κ1) is 22.4. The van der Waals surface area contributed by atoms with Crippen molar-refractivity contribution in [3.63, 3.8) is 0 Å². The molecule has 6 nitrogen and oxygen atoms in total. The van der Waals surface area contributed by atoms with Gasteiger partial charge in [0.1, 0.15) is 0 Å². The molecule has 2 bridgehead atoms. The third kappa shape index (κ3) is 4.38. The lowest BCUT2D eigenvalue weighted by atomic mass is 9.81. The number of carbonyl (C=O) groups excluding carboxylic acids is 1. The number of nitrogens with zero attached hydrogens (tertiary/aromatic N) is 4. The SMILES string of the molecule is CC(=O)N1CCC(N2CC3CC(C2)c2ccc(-c4ccccc4CN(C)C)c(=O)n2C3)CC1. The standard InChI is InChI=1S/C27H36N4O2/c1-19(32)29-12-10-23(11-13-29)30-15-20-14-22(18-30)26-9-8-25(27(33)31(26)16-20)24-7-5-4-6-21(24)17-28(2)3/h4-9,20,22-23H,10-18H2,1-3H3. The summed E-state index contributed by atoms with van der Waals surface area (Å²) in [6.07, 6.45) is 3.31. The molecule has 2 saturated heterocycles. The predicted octanol–water partition coefficient (Wildman–Crippen LogP) is 3.01. The van der Waals surface area contributed by atoms with Crippen LogP contribution in [-0.2, 0) is 17.9 Å². The summed E-state index contributed by atoms with van der Waals surface area (Å²) in [4.78, 5) is 32.1. The van der Waals surface area contributed by atoms with Gasteiger partial charge in [0.2, 0.25) is 5.91 Å².